The molecule has 0 saturated carbocycles. The normalized spacial score (nSPS) is 13.8. The van der Waals surface area contributed by atoms with Crippen molar-refractivity contribution in [2.24, 2.45) is 11.8 Å². The summed E-state index contributed by atoms with van der Waals surface area (Å²) in [5.74, 6) is -0.258. The van der Waals surface area contributed by atoms with E-state index in [1.165, 1.54) is 0 Å². The van der Waals surface area contributed by atoms with Gasteiger partial charge < -0.3 is 10.6 Å². The molecular weight excluding hydrogens is 817 g/mol. The molecule has 4 aromatic carbocycles. The van der Waals surface area contributed by atoms with Crippen molar-refractivity contribution < 1.29 is 26.4 Å². The standard InChI is InChI=1S/C50H68N4O6S2/c1-11-17-21-35(13-3)29-51-61(57,58)49-33(9)27-31(7)45(37(49)15-5)53-41-25-26-42(44-43(41)47(55)39-23-19-20-24-40(39)48(44)56)54-46-32(8)28-34(10)50(38(46)16-6)62(59,60)52-30-36(14-4)22-18-12-2/h19-20,23-28,35-36,51-54H,11-18,21-22,29-30H2,1-10H3. The lowest BCUT2D eigenvalue weighted by atomic mass is 9.82. The lowest BCUT2D eigenvalue weighted by molar-refractivity contribution is 0.0980. The number of hydrogen-bond acceptors (Lipinski definition) is 8. The van der Waals surface area contributed by atoms with Crippen molar-refractivity contribution in [3.63, 3.8) is 0 Å². The first kappa shape index (κ1) is 48.7. The molecule has 0 spiro atoms. The van der Waals surface area contributed by atoms with Crippen molar-refractivity contribution in [3.05, 3.63) is 104 Å². The van der Waals surface area contributed by atoms with Gasteiger partial charge in [0.15, 0.2) is 11.6 Å². The maximum absolute atomic E-state index is 14.7. The minimum atomic E-state index is -3.92. The second kappa shape index (κ2) is 20.9. The van der Waals surface area contributed by atoms with Gasteiger partial charge in [-0.2, -0.15) is 0 Å². The first-order valence-corrected chi connectivity index (χ1v) is 25.6. The fraction of sp³-hybridized carbons (Fsp3) is 0.480. The van der Waals surface area contributed by atoms with Crippen LogP contribution in [0.4, 0.5) is 22.7 Å². The van der Waals surface area contributed by atoms with Crippen LogP contribution >= 0.6 is 0 Å². The Kier molecular flexibility index (Phi) is 16.4. The first-order valence-electron chi connectivity index (χ1n) is 22.6. The molecule has 4 aromatic rings. The topological polar surface area (TPSA) is 151 Å². The molecule has 10 nitrogen and oxygen atoms in total. The summed E-state index contributed by atoms with van der Waals surface area (Å²) in [5.41, 5.74) is 6.69. The Bertz CT molecular complexity index is 2360. The molecule has 1 aliphatic rings. The molecule has 0 fully saturated rings. The number of carbonyl (C=O) groups excluding carboxylic acids is 2. The number of hydrogen-bond donors (Lipinski definition) is 4. The van der Waals surface area contributed by atoms with Crippen LogP contribution in [-0.2, 0) is 32.9 Å². The number of aryl methyl sites for hydroxylation is 4. The van der Waals surface area contributed by atoms with Crippen LogP contribution in [0.1, 0.15) is 158 Å². The third kappa shape index (κ3) is 10.2. The maximum Gasteiger partial charge on any atom is 0.241 e. The number of benzene rings is 4. The predicted molar refractivity (Wildman–Crippen MR) is 254 cm³/mol. The highest BCUT2D eigenvalue weighted by atomic mass is 32.2. The van der Waals surface area contributed by atoms with E-state index in [2.05, 4.69) is 47.8 Å². The number of rotatable bonds is 22. The zero-order valence-corrected chi connectivity index (χ0v) is 40.2. The molecule has 0 radical (unpaired) electrons. The van der Waals surface area contributed by atoms with Crippen molar-refractivity contribution in [3.8, 4) is 0 Å². The Morgan fingerprint density at radius 2 is 0.903 bits per heavy atom. The highest BCUT2D eigenvalue weighted by molar-refractivity contribution is 7.90. The van der Waals surface area contributed by atoms with Crippen molar-refractivity contribution in [2.75, 3.05) is 23.7 Å². The molecule has 0 bridgehead atoms. The van der Waals surface area contributed by atoms with E-state index < -0.39 is 20.0 Å². The third-order valence-corrected chi connectivity index (χ3v) is 15.9. The smallest absolute Gasteiger partial charge is 0.241 e. The minimum absolute atomic E-state index is 0.153. The fourth-order valence-electron chi connectivity index (χ4n) is 9.06. The van der Waals surface area contributed by atoms with E-state index in [4.69, 9.17) is 0 Å². The van der Waals surface area contributed by atoms with E-state index in [0.29, 0.717) is 70.9 Å². The van der Waals surface area contributed by atoms with E-state index >= 15 is 0 Å². The van der Waals surface area contributed by atoms with Crippen LogP contribution in [0.2, 0.25) is 0 Å². The lowest BCUT2D eigenvalue weighted by Gasteiger charge is -2.27. The molecule has 336 valence electrons. The number of unbranched alkanes of at least 4 members (excludes halogenated alkanes) is 2. The van der Waals surface area contributed by atoms with Crippen LogP contribution < -0.4 is 20.1 Å². The molecule has 2 unspecified atom stereocenters. The third-order valence-electron chi connectivity index (χ3n) is 12.6. The lowest BCUT2D eigenvalue weighted by Crippen LogP contribution is -2.31. The Hall–Kier alpha value is -4.36. The summed E-state index contributed by atoms with van der Waals surface area (Å²) in [4.78, 5) is 29.8. The highest BCUT2D eigenvalue weighted by Crippen LogP contribution is 2.42. The SMILES string of the molecule is CCCCC(CC)CNS(=O)(=O)c1c(C)cc(C)c(Nc2ccc(Nc3c(C)cc(C)c(S(=O)(=O)NCC(CC)CCCC)c3CC)c3c2C(=O)c2ccccc2C3=O)c1CC. The second-order valence-corrected chi connectivity index (χ2v) is 20.4. The van der Waals surface area contributed by atoms with E-state index in [-0.39, 0.29) is 55.4 Å². The van der Waals surface area contributed by atoms with Crippen molar-refractivity contribution in [1.29, 1.82) is 0 Å². The minimum Gasteiger partial charge on any atom is -0.354 e. The summed E-state index contributed by atoms with van der Waals surface area (Å²) in [6.45, 7) is 20.4. The summed E-state index contributed by atoms with van der Waals surface area (Å²) in [7, 11) is -7.85. The van der Waals surface area contributed by atoms with Crippen LogP contribution in [-0.4, -0.2) is 41.5 Å². The van der Waals surface area contributed by atoms with E-state index in [1.54, 1.807) is 50.2 Å². The Morgan fingerprint density at radius 1 is 0.532 bits per heavy atom. The van der Waals surface area contributed by atoms with Gasteiger partial charge in [-0.15, -0.1) is 0 Å². The van der Waals surface area contributed by atoms with Crippen LogP contribution in [0.15, 0.2) is 58.3 Å². The zero-order valence-electron chi connectivity index (χ0n) is 38.5. The van der Waals surface area contributed by atoms with Gasteiger partial charge in [-0.25, -0.2) is 26.3 Å². The van der Waals surface area contributed by atoms with Gasteiger partial charge in [0.1, 0.15) is 0 Å². The average Bonchev–Trinajstić information content (AvgIpc) is 3.24. The number of nitrogens with one attached hydrogen (secondary N) is 4. The Morgan fingerprint density at radius 3 is 1.23 bits per heavy atom. The molecule has 0 aliphatic heterocycles. The van der Waals surface area contributed by atoms with Crippen molar-refractivity contribution in [2.45, 2.75) is 143 Å². The van der Waals surface area contributed by atoms with Gasteiger partial charge >= 0.3 is 0 Å². The van der Waals surface area contributed by atoms with E-state index in [9.17, 15) is 26.4 Å². The summed E-state index contributed by atoms with van der Waals surface area (Å²) < 4.78 is 62.4. The van der Waals surface area contributed by atoms with Gasteiger partial charge in [0.25, 0.3) is 0 Å². The Balaban J connectivity index is 1.64. The average molecular weight is 885 g/mol. The largest absolute Gasteiger partial charge is 0.354 e. The number of sulfonamides is 2. The molecular formula is C50H68N4O6S2. The molecule has 0 saturated heterocycles. The van der Waals surface area contributed by atoms with E-state index in [0.717, 1.165) is 62.5 Å². The van der Waals surface area contributed by atoms with Gasteiger partial charge in [-0.05, 0) is 111 Å². The summed E-state index contributed by atoms with van der Waals surface area (Å²) in [6, 6.07) is 13.9. The number of ketones is 2. The van der Waals surface area contributed by atoms with E-state index in [1.807, 2.05) is 39.8 Å². The van der Waals surface area contributed by atoms with Crippen LogP contribution in [0.25, 0.3) is 0 Å². The summed E-state index contributed by atoms with van der Waals surface area (Å²) >= 11 is 0. The van der Waals surface area contributed by atoms with Gasteiger partial charge in [0.05, 0.1) is 32.3 Å². The molecule has 4 N–H and O–H groups in total. The molecule has 2 atom stereocenters. The monoisotopic (exact) mass is 884 g/mol. The molecule has 0 amide bonds. The predicted octanol–water partition coefficient (Wildman–Crippen LogP) is 11.3. The quantitative estimate of drug-likeness (QED) is 0.0536. The maximum atomic E-state index is 14.7. The number of fused-ring (bicyclic) bond motifs is 2. The first-order chi connectivity index (χ1) is 29.5. The zero-order chi connectivity index (χ0) is 45.5. The van der Waals surface area contributed by atoms with Crippen LogP contribution in [0, 0.1) is 39.5 Å². The summed E-state index contributed by atoms with van der Waals surface area (Å²) in [5, 5.41) is 6.93. The van der Waals surface area contributed by atoms with Crippen LogP contribution in [0.3, 0.4) is 0 Å². The van der Waals surface area contributed by atoms with Gasteiger partial charge in [-0.3, -0.25) is 9.59 Å². The van der Waals surface area contributed by atoms with Gasteiger partial charge in [0.2, 0.25) is 20.0 Å². The van der Waals surface area contributed by atoms with Gasteiger partial charge in [-0.1, -0.05) is 116 Å². The second-order valence-electron chi connectivity index (χ2n) is 17.0. The number of anilines is 4. The summed E-state index contributed by atoms with van der Waals surface area (Å²) in [6.07, 6.45) is 8.56. The molecule has 0 aromatic heterocycles. The van der Waals surface area contributed by atoms with Crippen LogP contribution in [0.5, 0.6) is 0 Å². The fourth-order valence-corrected chi connectivity index (χ4v) is 12.4. The van der Waals surface area contributed by atoms with Crippen molar-refractivity contribution >= 4 is 54.4 Å². The highest BCUT2D eigenvalue weighted by Gasteiger charge is 2.36. The molecule has 0 heterocycles. The molecule has 62 heavy (non-hydrogen) atoms. The molecule has 1 aliphatic carbocycles. The molecule has 5 rings (SSSR count). The van der Waals surface area contributed by atoms with Crippen molar-refractivity contribution in [1.82, 2.24) is 9.44 Å². The van der Waals surface area contributed by atoms with Gasteiger partial charge in [0, 0.05) is 35.6 Å². The molecule has 12 heteroatoms. The number of carbonyl (C=O) groups is 2. The Labute approximate surface area is 371 Å².